The molecular formula is C9H8ClF2NO2. The molecule has 1 atom stereocenters. The van der Waals surface area contributed by atoms with Crippen molar-refractivity contribution in [1.29, 1.82) is 0 Å². The number of carbonyl (C=O) groups is 1. The van der Waals surface area contributed by atoms with E-state index in [-0.39, 0.29) is 5.02 Å². The lowest BCUT2D eigenvalue weighted by atomic mass is 10.1. The summed E-state index contributed by atoms with van der Waals surface area (Å²) in [5.74, 6) is -3.14. The van der Waals surface area contributed by atoms with Crippen molar-refractivity contribution in [3.63, 3.8) is 0 Å². The Morgan fingerprint density at radius 3 is 2.67 bits per heavy atom. The lowest BCUT2D eigenvalue weighted by Gasteiger charge is -2.09. The van der Waals surface area contributed by atoms with Crippen LogP contribution in [-0.2, 0) is 11.2 Å². The second-order valence-corrected chi connectivity index (χ2v) is 3.38. The highest BCUT2D eigenvalue weighted by Crippen LogP contribution is 2.21. The summed E-state index contributed by atoms with van der Waals surface area (Å²) in [6.45, 7) is 0. The van der Waals surface area contributed by atoms with Gasteiger partial charge in [0.15, 0.2) is 0 Å². The van der Waals surface area contributed by atoms with E-state index in [4.69, 9.17) is 22.4 Å². The number of rotatable bonds is 3. The quantitative estimate of drug-likeness (QED) is 0.782. The largest absolute Gasteiger partial charge is 0.480 e. The Kier molecular flexibility index (Phi) is 3.60. The van der Waals surface area contributed by atoms with Crippen molar-refractivity contribution < 1.29 is 18.7 Å². The number of halogens is 3. The topological polar surface area (TPSA) is 63.3 Å². The molecule has 1 aromatic rings. The number of hydrogen-bond acceptors (Lipinski definition) is 2. The molecule has 0 fully saturated rings. The van der Waals surface area contributed by atoms with E-state index in [1.807, 2.05) is 0 Å². The molecule has 0 saturated heterocycles. The Bertz CT molecular complexity index is 398. The Morgan fingerprint density at radius 2 is 2.13 bits per heavy atom. The maximum atomic E-state index is 13.3. The zero-order valence-corrected chi connectivity index (χ0v) is 8.26. The molecule has 0 aliphatic carbocycles. The molecule has 1 aromatic carbocycles. The van der Waals surface area contributed by atoms with Gasteiger partial charge in [-0.25, -0.2) is 8.78 Å². The van der Waals surface area contributed by atoms with E-state index in [0.717, 1.165) is 12.1 Å². The molecule has 6 heteroatoms. The minimum atomic E-state index is -1.35. The van der Waals surface area contributed by atoms with Gasteiger partial charge in [-0.3, -0.25) is 4.79 Å². The van der Waals surface area contributed by atoms with Gasteiger partial charge in [0.05, 0.1) is 5.02 Å². The molecule has 82 valence electrons. The molecule has 0 heterocycles. The van der Waals surface area contributed by atoms with Crippen LogP contribution in [0.3, 0.4) is 0 Å². The van der Waals surface area contributed by atoms with Crippen LogP contribution in [0.25, 0.3) is 0 Å². The molecular weight excluding hydrogens is 228 g/mol. The van der Waals surface area contributed by atoms with Gasteiger partial charge in [0.1, 0.15) is 17.7 Å². The second-order valence-electron chi connectivity index (χ2n) is 2.97. The third-order valence-electron chi connectivity index (χ3n) is 1.88. The van der Waals surface area contributed by atoms with E-state index in [1.165, 1.54) is 0 Å². The van der Waals surface area contributed by atoms with Gasteiger partial charge in [-0.2, -0.15) is 0 Å². The van der Waals surface area contributed by atoms with Gasteiger partial charge in [0.25, 0.3) is 0 Å². The first-order valence-corrected chi connectivity index (χ1v) is 4.42. The Morgan fingerprint density at radius 1 is 1.53 bits per heavy atom. The molecule has 0 spiro atoms. The molecule has 0 aliphatic rings. The van der Waals surface area contributed by atoms with Crippen LogP contribution in [0.2, 0.25) is 5.02 Å². The van der Waals surface area contributed by atoms with Crippen molar-refractivity contribution >= 4 is 17.6 Å². The molecule has 0 aliphatic heterocycles. The molecule has 1 rings (SSSR count). The smallest absolute Gasteiger partial charge is 0.320 e. The van der Waals surface area contributed by atoms with Gasteiger partial charge in [-0.05, 0) is 12.1 Å². The maximum Gasteiger partial charge on any atom is 0.320 e. The first-order valence-electron chi connectivity index (χ1n) is 4.04. The first kappa shape index (κ1) is 11.9. The van der Waals surface area contributed by atoms with Crippen LogP contribution in [0.1, 0.15) is 5.56 Å². The van der Waals surface area contributed by atoms with Crippen LogP contribution in [0, 0.1) is 11.6 Å². The summed E-state index contributed by atoms with van der Waals surface area (Å²) >= 11 is 5.42. The molecule has 0 bridgehead atoms. The zero-order valence-electron chi connectivity index (χ0n) is 7.51. The van der Waals surface area contributed by atoms with Crippen molar-refractivity contribution in [2.75, 3.05) is 0 Å². The second kappa shape index (κ2) is 4.55. The van der Waals surface area contributed by atoms with E-state index >= 15 is 0 Å². The van der Waals surface area contributed by atoms with Crippen molar-refractivity contribution in [1.82, 2.24) is 0 Å². The maximum absolute atomic E-state index is 13.3. The highest BCUT2D eigenvalue weighted by molar-refractivity contribution is 6.30. The fraction of sp³-hybridized carbons (Fsp3) is 0.222. The lowest BCUT2D eigenvalue weighted by molar-refractivity contribution is -0.138. The first-order chi connectivity index (χ1) is 6.93. The Balaban J connectivity index is 3.03. The van der Waals surface area contributed by atoms with E-state index in [9.17, 15) is 13.6 Å². The summed E-state index contributed by atoms with van der Waals surface area (Å²) in [5, 5.41) is 8.23. The average Bonchev–Trinajstić information content (AvgIpc) is 2.18. The van der Waals surface area contributed by atoms with Crippen LogP contribution in [0.15, 0.2) is 12.1 Å². The summed E-state index contributed by atoms with van der Waals surface area (Å²) in [5.41, 5.74) is 4.76. The predicted octanol–water partition coefficient (Wildman–Crippen LogP) is 1.57. The van der Waals surface area contributed by atoms with E-state index in [1.54, 1.807) is 0 Å². The standard InChI is InChI=1S/C9H8ClF2NO2/c10-5-1-2-6(11)4(8(5)12)3-7(13)9(14)15/h1-2,7H,3,13H2,(H,14,15)/t7-/m1/s1. The van der Waals surface area contributed by atoms with Crippen LogP contribution >= 0.6 is 11.6 Å². The Hall–Kier alpha value is -1.20. The third-order valence-corrected chi connectivity index (χ3v) is 2.17. The molecule has 0 amide bonds. The molecule has 0 unspecified atom stereocenters. The number of hydrogen-bond donors (Lipinski definition) is 2. The summed E-state index contributed by atoms with van der Waals surface area (Å²) < 4.78 is 26.4. The van der Waals surface area contributed by atoms with Crippen LogP contribution < -0.4 is 5.73 Å². The van der Waals surface area contributed by atoms with Crippen LogP contribution in [0.5, 0.6) is 0 Å². The van der Waals surface area contributed by atoms with Gasteiger partial charge >= 0.3 is 5.97 Å². The number of carboxylic acids is 1. The summed E-state index contributed by atoms with van der Waals surface area (Å²) in [6.07, 6.45) is -0.437. The van der Waals surface area contributed by atoms with E-state index < -0.39 is 35.6 Å². The van der Waals surface area contributed by atoms with Gasteiger partial charge in [0.2, 0.25) is 0 Å². The molecule has 3 N–H and O–H groups in total. The monoisotopic (exact) mass is 235 g/mol. The fourth-order valence-corrected chi connectivity index (χ4v) is 1.24. The van der Waals surface area contributed by atoms with Gasteiger partial charge < -0.3 is 10.8 Å². The summed E-state index contributed by atoms with van der Waals surface area (Å²) in [4.78, 5) is 10.4. The van der Waals surface area contributed by atoms with E-state index in [0.29, 0.717) is 0 Å². The Labute approximate surface area is 89.5 Å². The highest BCUT2D eigenvalue weighted by atomic mass is 35.5. The molecule has 0 radical (unpaired) electrons. The van der Waals surface area contributed by atoms with Gasteiger partial charge in [-0.1, -0.05) is 11.6 Å². The molecule has 0 saturated carbocycles. The van der Waals surface area contributed by atoms with Crippen molar-refractivity contribution in [2.24, 2.45) is 5.73 Å². The predicted molar refractivity (Wildman–Crippen MR) is 50.7 cm³/mol. The fourth-order valence-electron chi connectivity index (χ4n) is 1.06. The number of benzene rings is 1. The summed E-state index contributed by atoms with van der Waals surface area (Å²) in [6, 6.07) is 0.671. The van der Waals surface area contributed by atoms with Crippen LogP contribution in [-0.4, -0.2) is 17.1 Å². The molecule has 3 nitrogen and oxygen atoms in total. The molecule has 0 aromatic heterocycles. The van der Waals surface area contributed by atoms with E-state index in [2.05, 4.69) is 0 Å². The third kappa shape index (κ3) is 2.64. The van der Waals surface area contributed by atoms with Crippen molar-refractivity contribution in [2.45, 2.75) is 12.5 Å². The highest BCUT2D eigenvalue weighted by Gasteiger charge is 2.19. The minimum absolute atomic E-state index is 0.260. The van der Waals surface area contributed by atoms with Gasteiger partial charge in [0, 0.05) is 12.0 Å². The van der Waals surface area contributed by atoms with Gasteiger partial charge in [-0.15, -0.1) is 0 Å². The average molecular weight is 236 g/mol. The SMILES string of the molecule is N[C@H](Cc1c(F)ccc(Cl)c1F)C(=O)O. The van der Waals surface area contributed by atoms with Crippen LogP contribution in [0.4, 0.5) is 8.78 Å². The van der Waals surface area contributed by atoms with Crippen molar-refractivity contribution in [3.05, 3.63) is 34.4 Å². The summed E-state index contributed by atoms with van der Waals surface area (Å²) in [7, 11) is 0. The number of nitrogens with two attached hydrogens (primary N) is 1. The lowest BCUT2D eigenvalue weighted by Crippen LogP contribution is -2.33. The normalized spacial score (nSPS) is 12.5. The molecule has 15 heavy (non-hydrogen) atoms. The number of carboxylic acid groups (broad SMARTS) is 1. The minimum Gasteiger partial charge on any atom is -0.480 e. The zero-order chi connectivity index (χ0) is 11.6. The number of aliphatic carboxylic acids is 1. The van der Waals surface area contributed by atoms with Crippen molar-refractivity contribution in [3.8, 4) is 0 Å².